The molecule has 0 spiro atoms. The summed E-state index contributed by atoms with van der Waals surface area (Å²) in [6.07, 6.45) is 2.37. The number of aliphatic hydroxyl groups is 2. The Balaban J connectivity index is 0. The van der Waals surface area contributed by atoms with Crippen LogP contribution in [0.15, 0.2) is 0 Å². The summed E-state index contributed by atoms with van der Waals surface area (Å²) >= 11 is 0. The van der Waals surface area contributed by atoms with Gasteiger partial charge in [0.2, 0.25) is 0 Å². The molecule has 0 fully saturated rings. The van der Waals surface area contributed by atoms with Crippen molar-refractivity contribution >= 4 is 29.6 Å². The second-order valence-electron chi connectivity index (χ2n) is 3.03. The number of aliphatic hydroxyl groups excluding tert-OH is 2. The van der Waals surface area contributed by atoms with E-state index < -0.39 is 0 Å². The molecule has 0 aromatic heterocycles. The Morgan fingerprint density at radius 2 is 1.73 bits per heavy atom. The van der Waals surface area contributed by atoms with Crippen molar-refractivity contribution in [1.29, 1.82) is 0 Å². The zero-order chi connectivity index (χ0) is 7.98. The fourth-order valence-electron chi connectivity index (χ4n) is 0.799. The molecular weight excluding hydrogens is 151 g/mol. The molecule has 0 saturated carbocycles. The molecule has 0 aromatic rings. The van der Waals surface area contributed by atoms with Gasteiger partial charge in [0.1, 0.15) is 0 Å². The molecule has 0 saturated heterocycles. The summed E-state index contributed by atoms with van der Waals surface area (Å²) in [7, 11) is 0. The van der Waals surface area contributed by atoms with Crippen molar-refractivity contribution in [2.75, 3.05) is 6.61 Å². The maximum absolute atomic E-state index is 9.27. The average molecular weight is 170 g/mol. The first kappa shape index (κ1) is 14.4. The normalized spacial score (nSPS) is 12.8. The predicted molar refractivity (Wildman–Crippen MR) is 48.9 cm³/mol. The van der Waals surface area contributed by atoms with E-state index in [4.69, 9.17) is 5.11 Å². The van der Waals surface area contributed by atoms with Crippen LogP contribution in [0.1, 0.15) is 33.1 Å². The van der Waals surface area contributed by atoms with Gasteiger partial charge in [-0.25, -0.2) is 0 Å². The van der Waals surface area contributed by atoms with Crippen LogP contribution in [0, 0.1) is 5.92 Å². The third kappa shape index (κ3) is 8.83. The summed E-state index contributed by atoms with van der Waals surface area (Å²) in [5.74, 6) is 0.346. The third-order valence-corrected chi connectivity index (χ3v) is 1.68. The molecule has 0 amide bonds. The molecule has 2 N–H and O–H groups in total. The van der Waals surface area contributed by atoms with E-state index in [2.05, 4.69) is 0 Å². The van der Waals surface area contributed by atoms with Gasteiger partial charge < -0.3 is 10.2 Å². The van der Waals surface area contributed by atoms with Crippen LogP contribution in [0.25, 0.3) is 0 Å². The van der Waals surface area contributed by atoms with Crippen molar-refractivity contribution in [2.24, 2.45) is 5.92 Å². The predicted octanol–water partition coefficient (Wildman–Crippen LogP) is 0.517. The second-order valence-corrected chi connectivity index (χ2v) is 3.03. The number of hydrogen-bond donors (Lipinski definition) is 2. The Morgan fingerprint density at radius 1 is 1.18 bits per heavy atom. The summed E-state index contributed by atoms with van der Waals surface area (Å²) < 4.78 is 0. The van der Waals surface area contributed by atoms with Gasteiger partial charge in [-0.3, -0.25) is 0 Å². The van der Waals surface area contributed by atoms with Crippen molar-refractivity contribution < 1.29 is 10.2 Å². The molecule has 11 heavy (non-hydrogen) atoms. The molecule has 3 heteroatoms. The quantitative estimate of drug-likeness (QED) is 0.466. The monoisotopic (exact) mass is 170 g/mol. The van der Waals surface area contributed by atoms with Crippen LogP contribution in [0.3, 0.4) is 0 Å². The molecule has 1 atom stereocenters. The Morgan fingerprint density at radius 3 is 2.09 bits per heavy atom. The standard InChI is InChI=1S/C8H18O2.Na.H/c1-7(2)8(10)5-3-4-6-9;;/h7-10H,3-6H2,1-2H3;;. The van der Waals surface area contributed by atoms with Gasteiger partial charge in [0.25, 0.3) is 0 Å². The first-order valence-electron chi connectivity index (χ1n) is 3.97. The Hall–Kier alpha value is 0.920. The first-order valence-corrected chi connectivity index (χ1v) is 3.97. The fraction of sp³-hybridized carbons (Fsp3) is 1.00. The first-order chi connectivity index (χ1) is 4.68. The molecule has 2 nitrogen and oxygen atoms in total. The number of hydrogen-bond acceptors (Lipinski definition) is 2. The maximum atomic E-state index is 9.27. The van der Waals surface area contributed by atoms with Crippen LogP contribution in [-0.2, 0) is 0 Å². The Labute approximate surface area is 91.3 Å². The van der Waals surface area contributed by atoms with Gasteiger partial charge in [0, 0.05) is 6.61 Å². The molecule has 0 rings (SSSR count). The van der Waals surface area contributed by atoms with E-state index >= 15 is 0 Å². The van der Waals surface area contributed by atoms with Crippen LogP contribution >= 0.6 is 0 Å². The van der Waals surface area contributed by atoms with Crippen LogP contribution in [0.5, 0.6) is 0 Å². The van der Waals surface area contributed by atoms with Crippen LogP contribution in [-0.4, -0.2) is 52.5 Å². The molecule has 0 aliphatic rings. The molecule has 0 aromatic carbocycles. The van der Waals surface area contributed by atoms with Crippen molar-refractivity contribution in [1.82, 2.24) is 0 Å². The molecule has 0 radical (unpaired) electrons. The van der Waals surface area contributed by atoms with Gasteiger partial charge in [-0.2, -0.15) is 0 Å². The van der Waals surface area contributed by atoms with E-state index in [1.54, 1.807) is 0 Å². The van der Waals surface area contributed by atoms with E-state index in [9.17, 15) is 5.11 Å². The van der Waals surface area contributed by atoms with Crippen LogP contribution in [0.4, 0.5) is 0 Å². The van der Waals surface area contributed by atoms with E-state index in [0.717, 1.165) is 19.3 Å². The minimum absolute atomic E-state index is 0. The van der Waals surface area contributed by atoms with Gasteiger partial charge in [-0.15, -0.1) is 0 Å². The molecule has 0 bridgehead atoms. The molecule has 0 heterocycles. The number of rotatable bonds is 5. The van der Waals surface area contributed by atoms with Crippen LogP contribution < -0.4 is 0 Å². The van der Waals surface area contributed by atoms with Gasteiger partial charge in [0.15, 0.2) is 0 Å². The van der Waals surface area contributed by atoms with Gasteiger partial charge in [-0.1, -0.05) is 13.8 Å². The molecule has 64 valence electrons. The average Bonchev–Trinajstić information content (AvgIpc) is 1.88. The number of unbranched alkanes of at least 4 members (excludes halogenated alkanes) is 1. The fourth-order valence-corrected chi connectivity index (χ4v) is 0.799. The van der Waals surface area contributed by atoms with E-state index in [0.29, 0.717) is 5.92 Å². The van der Waals surface area contributed by atoms with Gasteiger partial charge in [-0.05, 0) is 25.2 Å². The molecule has 0 aliphatic heterocycles. The van der Waals surface area contributed by atoms with E-state index in [1.807, 2.05) is 13.8 Å². The zero-order valence-corrected chi connectivity index (χ0v) is 6.88. The SMILES string of the molecule is CC(C)C(O)CCCCO.[NaH]. The van der Waals surface area contributed by atoms with Crippen molar-refractivity contribution in [2.45, 2.75) is 39.2 Å². The van der Waals surface area contributed by atoms with E-state index in [-0.39, 0.29) is 42.3 Å². The van der Waals surface area contributed by atoms with Crippen molar-refractivity contribution in [3.8, 4) is 0 Å². The van der Waals surface area contributed by atoms with Crippen molar-refractivity contribution in [3.05, 3.63) is 0 Å². The minimum atomic E-state index is -0.188. The Bertz CT molecular complexity index is 76.5. The summed E-state index contributed by atoms with van der Waals surface area (Å²) in [6.45, 7) is 4.25. The summed E-state index contributed by atoms with van der Waals surface area (Å²) in [5.41, 5.74) is 0. The van der Waals surface area contributed by atoms with E-state index in [1.165, 1.54) is 0 Å². The summed E-state index contributed by atoms with van der Waals surface area (Å²) in [5, 5.41) is 17.7. The zero-order valence-electron chi connectivity index (χ0n) is 6.88. The van der Waals surface area contributed by atoms with Crippen LogP contribution in [0.2, 0.25) is 0 Å². The van der Waals surface area contributed by atoms with Gasteiger partial charge >= 0.3 is 29.6 Å². The molecule has 1 unspecified atom stereocenters. The van der Waals surface area contributed by atoms with Gasteiger partial charge in [0.05, 0.1) is 6.10 Å². The summed E-state index contributed by atoms with van der Waals surface area (Å²) in [6, 6.07) is 0. The second kappa shape index (κ2) is 9.01. The van der Waals surface area contributed by atoms with Crippen molar-refractivity contribution in [3.63, 3.8) is 0 Å². The molecule has 0 aliphatic carbocycles. The topological polar surface area (TPSA) is 40.5 Å². The third-order valence-electron chi connectivity index (χ3n) is 1.68. The summed E-state index contributed by atoms with van der Waals surface area (Å²) in [4.78, 5) is 0. The Kier molecular flexibility index (Phi) is 11.8. The molecular formula is C8H19NaO2.